The summed E-state index contributed by atoms with van der Waals surface area (Å²) in [6, 6.07) is 15.3. The number of nitrogens with zero attached hydrogens (tertiary/aromatic N) is 3. The Balaban J connectivity index is 1.56. The van der Waals surface area contributed by atoms with Crippen molar-refractivity contribution in [3.8, 4) is 5.69 Å². The third-order valence-electron chi connectivity index (χ3n) is 5.61. The quantitative estimate of drug-likeness (QED) is 0.231. The van der Waals surface area contributed by atoms with Gasteiger partial charge in [-0.1, -0.05) is 54.4 Å². The molecule has 0 radical (unpaired) electrons. The van der Waals surface area contributed by atoms with Crippen LogP contribution in [0.5, 0.6) is 0 Å². The van der Waals surface area contributed by atoms with E-state index in [0.717, 1.165) is 11.6 Å². The van der Waals surface area contributed by atoms with Crippen LogP contribution in [0.3, 0.4) is 0 Å². The Kier molecular flexibility index (Phi) is 8.31. The molecule has 1 atom stereocenters. The second kappa shape index (κ2) is 11.3. The largest absolute Gasteiger partial charge is 0.448 e. The normalized spacial score (nSPS) is 12.5. The minimum atomic E-state index is -4.61. The van der Waals surface area contributed by atoms with Gasteiger partial charge in [0.1, 0.15) is 5.82 Å². The summed E-state index contributed by atoms with van der Waals surface area (Å²) < 4.78 is 68.8. The fraction of sp³-hybridized carbons (Fsp3) is 0.200. The number of imidazole rings is 1. The van der Waals surface area contributed by atoms with Crippen LogP contribution >= 0.6 is 23.2 Å². The minimum Gasteiger partial charge on any atom is -0.448 e. The number of hydrogen-bond donors (Lipinski definition) is 1. The van der Waals surface area contributed by atoms with Crippen molar-refractivity contribution in [3.05, 3.63) is 87.7 Å². The van der Waals surface area contributed by atoms with E-state index in [1.807, 2.05) is 6.92 Å². The van der Waals surface area contributed by atoms with E-state index in [1.165, 1.54) is 18.2 Å². The molecular weight excluding hydrogens is 566 g/mol. The number of rotatable bonds is 7. The number of benzene rings is 3. The molecule has 1 aromatic heterocycles. The van der Waals surface area contributed by atoms with E-state index in [-0.39, 0.29) is 29.3 Å². The molecule has 1 heterocycles. The number of anilines is 1. The van der Waals surface area contributed by atoms with Gasteiger partial charge in [0.25, 0.3) is 11.3 Å². The molecule has 0 bridgehead atoms. The number of amides is 1. The average molecular weight is 586 g/mol. The van der Waals surface area contributed by atoms with E-state index >= 15 is 0 Å². The summed E-state index contributed by atoms with van der Waals surface area (Å²) >= 11 is 9.30. The van der Waals surface area contributed by atoms with Gasteiger partial charge in [-0.2, -0.15) is 17.5 Å². The highest BCUT2D eigenvalue weighted by molar-refractivity contribution is 7.81. The molecule has 1 N–H and O–H groups in total. The number of para-hydroxylation sites is 1. The highest BCUT2D eigenvalue weighted by Crippen LogP contribution is 2.38. The van der Waals surface area contributed by atoms with Crippen LogP contribution < -0.4 is 4.31 Å². The molecule has 13 heteroatoms. The van der Waals surface area contributed by atoms with Gasteiger partial charge < -0.3 is 4.74 Å². The Morgan fingerprint density at radius 3 is 2.50 bits per heavy atom. The van der Waals surface area contributed by atoms with Crippen molar-refractivity contribution in [2.24, 2.45) is 0 Å². The van der Waals surface area contributed by atoms with Gasteiger partial charge in [-0.05, 0) is 42.0 Å². The van der Waals surface area contributed by atoms with Gasteiger partial charge in [-0.15, -0.1) is 0 Å². The van der Waals surface area contributed by atoms with Crippen LogP contribution in [0.25, 0.3) is 16.7 Å². The second-order valence-corrected chi connectivity index (χ2v) is 9.69. The lowest BCUT2D eigenvalue weighted by Crippen LogP contribution is -2.33. The maximum absolute atomic E-state index is 13.3. The van der Waals surface area contributed by atoms with Crippen LogP contribution in [0.4, 0.5) is 23.7 Å². The number of carbonyl (C=O) groups is 1. The van der Waals surface area contributed by atoms with E-state index in [4.69, 9.17) is 27.9 Å². The number of alkyl halides is 3. The summed E-state index contributed by atoms with van der Waals surface area (Å²) in [6.07, 6.45) is -4.96. The van der Waals surface area contributed by atoms with Crippen molar-refractivity contribution < 1.29 is 31.5 Å². The molecule has 0 aliphatic heterocycles. The molecule has 4 aromatic rings. The molecule has 0 saturated carbocycles. The van der Waals surface area contributed by atoms with Crippen LogP contribution in [0.2, 0.25) is 10.0 Å². The first kappa shape index (κ1) is 27.9. The van der Waals surface area contributed by atoms with Crippen molar-refractivity contribution in [3.63, 3.8) is 0 Å². The first-order valence-corrected chi connectivity index (χ1v) is 13.0. The standard InChI is InChI=1S/C25H20Cl2F3N3O4S/c1-2-23-31-20-13-17(25(28,29)30)19(27)14-22(20)32(23)16-7-5-6-15(12-16)10-11-37-24(34)33(38(35)36)21-9-4-3-8-18(21)26/h3-9,12-14H,2,10-11H2,1H3,(H,35,36). The summed E-state index contributed by atoms with van der Waals surface area (Å²) in [7, 11) is 0. The number of aromatic nitrogens is 2. The van der Waals surface area contributed by atoms with E-state index < -0.39 is 34.1 Å². The highest BCUT2D eigenvalue weighted by Gasteiger charge is 2.34. The monoisotopic (exact) mass is 585 g/mol. The number of aryl methyl sites for hydroxylation is 1. The van der Waals surface area contributed by atoms with E-state index in [1.54, 1.807) is 41.0 Å². The Morgan fingerprint density at radius 1 is 1.11 bits per heavy atom. The zero-order chi connectivity index (χ0) is 27.6. The topological polar surface area (TPSA) is 84.7 Å². The van der Waals surface area contributed by atoms with Crippen molar-refractivity contribution in [2.75, 3.05) is 10.9 Å². The van der Waals surface area contributed by atoms with Crippen molar-refractivity contribution >= 4 is 57.3 Å². The molecule has 200 valence electrons. The molecule has 1 unspecified atom stereocenters. The Morgan fingerprint density at radius 2 is 1.84 bits per heavy atom. The summed E-state index contributed by atoms with van der Waals surface area (Å²) in [6.45, 7) is 1.72. The molecule has 7 nitrogen and oxygen atoms in total. The number of ether oxygens (including phenoxy) is 1. The lowest BCUT2D eigenvalue weighted by Gasteiger charge is -2.18. The van der Waals surface area contributed by atoms with Crippen LogP contribution in [0, 0.1) is 0 Å². The summed E-state index contributed by atoms with van der Waals surface area (Å²) in [5, 5.41) is -0.331. The fourth-order valence-corrected chi connectivity index (χ4v) is 4.96. The number of fused-ring (bicyclic) bond motifs is 1. The molecule has 0 spiro atoms. The van der Waals surface area contributed by atoms with Crippen molar-refractivity contribution in [2.45, 2.75) is 25.9 Å². The van der Waals surface area contributed by atoms with Crippen molar-refractivity contribution in [1.29, 1.82) is 0 Å². The SMILES string of the molecule is CCc1nc2cc(C(F)(F)F)c(Cl)cc2n1-c1cccc(CCOC(=O)N(c2ccccc2Cl)S(=O)O)c1. The molecule has 0 saturated heterocycles. The molecule has 0 aliphatic rings. The summed E-state index contributed by atoms with van der Waals surface area (Å²) in [4.78, 5) is 16.9. The molecule has 0 fully saturated rings. The Bertz CT molecular complexity index is 1530. The molecule has 38 heavy (non-hydrogen) atoms. The number of carbonyl (C=O) groups excluding carboxylic acids is 1. The van der Waals surface area contributed by atoms with Crippen LogP contribution in [-0.2, 0) is 35.0 Å². The first-order valence-electron chi connectivity index (χ1n) is 11.2. The van der Waals surface area contributed by atoms with Gasteiger partial charge in [0, 0.05) is 18.5 Å². The van der Waals surface area contributed by atoms with Crippen LogP contribution in [0.1, 0.15) is 23.9 Å². The predicted molar refractivity (Wildman–Crippen MR) is 140 cm³/mol. The molecule has 4 rings (SSSR count). The van der Waals surface area contributed by atoms with Gasteiger partial charge in [0.2, 0.25) is 0 Å². The van der Waals surface area contributed by atoms with E-state index in [9.17, 15) is 26.7 Å². The molecule has 1 amide bonds. The molecule has 3 aromatic carbocycles. The highest BCUT2D eigenvalue weighted by atomic mass is 35.5. The average Bonchev–Trinajstić information content (AvgIpc) is 3.21. The maximum atomic E-state index is 13.3. The Labute approximate surface area is 228 Å². The minimum absolute atomic E-state index is 0.0217. The van der Waals surface area contributed by atoms with Crippen molar-refractivity contribution in [1.82, 2.24) is 9.55 Å². The van der Waals surface area contributed by atoms with Gasteiger partial charge in [-0.3, -0.25) is 9.12 Å². The van der Waals surface area contributed by atoms with Gasteiger partial charge >= 0.3 is 12.3 Å². The lowest BCUT2D eigenvalue weighted by atomic mass is 10.1. The van der Waals surface area contributed by atoms with E-state index in [2.05, 4.69) is 4.98 Å². The van der Waals surface area contributed by atoms with Gasteiger partial charge in [0.05, 0.1) is 38.9 Å². The zero-order valence-corrected chi connectivity index (χ0v) is 22.0. The van der Waals surface area contributed by atoms with Crippen LogP contribution in [0.15, 0.2) is 60.7 Å². The maximum Gasteiger partial charge on any atom is 0.428 e. The Hall–Kier alpha value is -3.12. The van der Waals surface area contributed by atoms with Gasteiger partial charge in [0.15, 0.2) is 0 Å². The van der Waals surface area contributed by atoms with Crippen LogP contribution in [-0.4, -0.2) is 31.0 Å². The third-order valence-corrected chi connectivity index (χ3v) is 6.90. The van der Waals surface area contributed by atoms with E-state index in [0.29, 0.717) is 27.8 Å². The summed E-state index contributed by atoms with van der Waals surface area (Å²) in [5.74, 6) is 0.541. The predicted octanol–water partition coefficient (Wildman–Crippen LogP) is 7.24. The fourth-order valence-electron chi connectivity index (χ4n) is 3.92. The molecular formula is C25H20Cl2F3N3O4S. The van der Waals surface area contributed by atoms with Gasteiger partial charge in [-0.25, -0.2) is 14.0 Å². The first-order chi connectivity index (χ1) is 18.0. The third kappa shape index (κ3) is 5.80. The second-order valence-electron chi connectivity index (χ2n) is 8.05. The number of halogens is 5. The smallest absolute Gasteiger partial charge is 0.428 e. The zero-order valence-electron chi connectivity index (χ0n) is 19.7. The number of hydrogen-bond acceptors (Lipinski definition) is 4. The lowest BCUT2D eigenvalue weighted by molar-refractivity contribution is -0.137. The molecule has 0 aliphatic carbocycles. The summed E-state index contributed by atoms with van der Waals surface area (Å²) in [5.41, 5.74) is 1.03.